The maximum Gasteiger partial charge on any atom is 0.313 e. The highest BCUT2D eigenvalue weighted by Crippen LogP contribution is 2.38. The van der Waals surface area contributed by atoms with Crippen molar-refractivity contribution < 1.29 is 19.2 Å². The fourth-order valence-corrected chi connectivity index (χ4v) is 1.14. The Balaban J connectivity index is 3.46. The molecule has 0 spiro atoms. The second kappa shape index (κ2) is 4.90. The zero-order valence-electron chi connectivity index (χ0n) is 8.59. The zero-order valence-corrected chi connectivity index (χ0v) is 8.59. The molecule has 0 atom stereocenters. The molecule has 1 aromatic carbocycles. The van der Waals surface area contributed by atoms with Crippen molar-refractivity contribution in [2.75, 3.05) is 14.2 Å². The molecule has 0 aliphatic rings. The second-order valence-corrected chi connectivity index (χ2v) is 2.66. The topological polar surface area (TPSA) is 91.0 Å². The minimum absolute atomic E-state index is 0.0324. The third-order valence-electron chi connectivity index (χ3n) is 1.84. The van der Waals surface area contributed by atoms with Crippen LogP contribution in [0.5, 0.6) is 11.5 Å². The summed E-state index contributed by atoms with van der Waals surface area (Å²) < 4.78 is 9.72. The lowest BCUT2D eigenvalue weighted by molar-refractivity contribution is -0.385. The van der Waals surface area contributed by atoms with E-state index < -0.39 is 4.92 Å². The van der Waals surface area contributed by atoms with E-state index in [2.05, 4.69) is 4.99 Å². The quantitative estimate of drug-likeness (QED) is 0.335. The molecule has 0 aliphatic carbocycles. The lowest BCUT2D eigenvalue weighted by Crippen LogP contribution is -1.95. The number of nitrogens with zero attached hydrogens (tertiary/aromatic N) is 2. The van der Waals surface area contributed by atoms with E-state index in [1.54, 1.807) is 0 Å². The molecule has 0 N–H and O–H groups in total. The first-order valence-corrected chi connectivity index (χ1v) is 4.12. The van der Waals surface area contributed by atoms with Crippen LogP contribution in [0.2, 0.25) is 0 Å². The van der Waals surface area contributed by atoms with Crippen LogP contribution in [-0.4, -0.2) is 25.2 Å². The van der Waals surface area contributed by atoms with Crippen molar-refractivity contribution >= 4 is 17.5 Å². The van der Waals surface area contributed by atoms with Crippen molar-refractivity contribution in [3.8, 4) is 11.5 Å². The third-order valence-corrected chi connectivity index (χ3v) is 1.84. The number of aliphatic imine (C=N–C) groups is 1. The monoisotopic (exact) mass is 224 g/mol. The van der Waals surface area contributed by atoms with E-state index in [9.17, 15) is 14.9 Å². The molecule has 0 amide bonds. The standard InChI is InChI=1S/C9H8N2O5/c1-15-8-4-9(16-2)7(11(13)14)3-6(8)10-5-12/h3-4H,1-2H3. The summed E-state index contributed by atoms with van der Waals surface area (Å²) in [4.78, 5) is 23.5. The first-order chi connectivity index (χ1) is 7.63. The Bertz CT molecular complexity index is 440. The number of rotatable bonds is 4. The molecular weight excluding hydrogens is 216 g/mol. The molecule has 16 heavy (non-hydrogen) atoms. The van der Waals surface area contributed by atoms with Crippen LogP contribution < -0.4 is 9.47 Å². The minimum atomic E-state index is -0.637. The van der Waals surface area contributed by atoms with Gasteiger partial charge in [0.2, 0.25) is 11.8 Å². The Labute approximate surface area is 90.5 Å². The van der Waals surface area contributed by atoms with Gasteiger partial charge in [0.15, 0.2) is 0 Å². The van der Waals surface area contributed by atoms with E-state index in [4.69, 9.17) is 9.47 Å². The number of hydrogen-bond donors (Lipinski definition) is 0. The molecule has 1 rings (SSSR count). The van der Waals surface area contributed by atoms with E-state index in [0.717, 1.165) is 6.07 Å². The summed E-state index contributed by atoms with van der Waals surface area (Å²) in [6, 6.07) is 2.37. The third kappa shape index (κ3) is 2.15. The maximum atomic E-state index is 10.7. The summed E-state index contributed by atoms with van der Waals surface area (Å²) in [5, 5.41) is 10.7. The van der Waals surface area contributed by atoms with Crippen molar-refractivity contribution in [1.29, 1.82) is 0 Å². The SMILES string of the molecule is COc1cc(OC)c([N+](=O)[O-])cc1N=C=O. The Morgan fingerprint density at radius 3 is 2.38 bits per heavy atom. The van der Waals surface area contributed by atoms with Gasteiger partial charge in [-0.2, -0.15) is 4.99 Å². The first kappa shape index (κ1) is 11.7. The summed E-state index contributed by atoms with van der Waals surface area (Å²) in [6.45, 7) is 0. The Morgan fingerprint density at radius 2 is 1.94 bits per heavy atom. The van der Waals surface area contributed by atoms with Gasteiger partial charge in [-0.1, -0.05) is 0 Å². The van der Waals surface area contributed by atoms with Crippen molar-refractivity contribution in [3.63, 3.8) is 0 Å². The van der Waals surface area contributed by atoms with Crippen LogP contribution in [0, 0.1) is 10.1 Å². The number of benzene rings is 1. The molecule has 1 aromatic rings. The molecule has 0 unspecified atom stereocenters. The highest BCUT2D eigenvalue weighted by molar-refractivity contribution is 5.66. The van der Waals surface area contributed by atoms with E-state index in [0.29, 0.717) is 0 Å². The van der Waals surface area contributed by atoms with Gasteiger partial charge in [0.05, 0.1) is 25.2 Å². The molecule has 0 saturated carbocycles. The number of hydrogen-bond acceptors (Lipinski definition) is 6. The molecule has 0 saturated heterocycles. The minimum Gasteiger partial charge on any atom is -0.494 e. The number of ether oxygens (including phenoxy) is 2. The van der Waals surface area contributed by atoms with Crippen molar-refractivity contribution in [2.24, 2.45) is 4.99 Å². The molecule has 7 heteroatoms. The van der Waals surface area contributed by atoms with Gasteiger partial charge in [0.25, 0.3) is 0 Å². The zero-order chi connectivity index (χ0) is 12.1. The number of nitro groups is 1. The lowest BCUT2D eigenvalue weighted by Gasteiger charge is -2.06. The molecule has 0 heterocycles. The molecule has 0 radical (unpaired) electrons. The van der Waals surface area contributed by atoms with Crippen LogP contribution in [0.3, 0.4) is 0 Å². The van der Waals surface area contributed by atoms with Gasteiger partial charge < -0.3 is 9.47 Å². The molecular formula is C9H8N2O5. The van der Waals surface area contributed by atoms with Crippen molar-refractivity contribution in [3.05, 3.63) is 22.2 Å². The van der Waals surface area contributed by atoms with Gasteiger partial charge in [0, 0.05) is 6.07 Å². The molecule has 0 bridgehead atoms. The van der Waals surface area contributed by atoms with Crippen LogP contribution in [0.15, 0.2) is 17.1 Å². The smallest absolute Gasteiger partial charge is 0.313 e. The summed E-state index contributed by atoms with van der Waals surface area (Å²) in [7, 11) is 2.65. The second-order valence-electron chi connectivity index (χ2n) is 2.66. The molecule has 0 aromatic heterocycles. The predicted molar refractivity (Wildman–Crippen MR) is 54.0 cm³/mol. The molecule has 84 valence electrons. The normalized spacial score (nSPS) is 9.12. The first-order valence-electron chi connectivity index (χ1n) is 4.12. The van der Waals surface area contributed by atoms with Crippen LogP contribution in [0.25, 0.3) is 0 Å². The highest BCUT2D eigenvalue weighted by Gasteiger charge is 2.19. The molecule has 0 fully saturated rings. The summed E-state index contributed by atoms with van der Waals surface area (Å²) in [6.07, 6.45) is 1.29. The van der Waals surface area contributed by atoms with Gasteiger partial charge in [-0.3, -0.25) is 10.1 Å². The van der Waals surface area contributed by atoms with Crippen molar-refractivity contribution in [1.82, 2.24) is 0 Å². The van der Waals surface area contributed by atoms with Crippen LogP contribution >= 0.6 is 0 Å². The van der Waals surface area contributed by atoms with Gasteiger partial charge in [-0.15, -0.1) is 0 Å². The van der Waals surface area contributed by atoms with Gasteiger partial charge in [0.1, 0.15) is 11.4 Å². The van der Waals surface area contributed by atoms with E-state index in [1.807, 2.05) is 0 Å². The summed E-state index contributed by atoms with van der Waals surface area (Å²) >= 11 is 0. The Kier molecular flexibility index (Phi) is 3.58. The highest BCUT2D eigenvalue weighted by atomic mass is 16.6. The van der Waals surface area contributed by atoms with Crippen LogP contribution in [0.4, 0.5) is 11.4 Å². The average Bonchev–Trinajstić information content (AvgIpc) is 2.28. The number of carbonyl (C=O) groups excluding carboxylic acids is 1. The van der Waals surface area contributed by atoms with Crippen LogP contribution in [-0.2, 0) is 4.79 Å². The number of nitro benzene ring substituents is 1. The molecule has 0 aliphatic heterocycles. The van der Waals surface area contributed by atoms with Gasteiger partial charge in [-0.05, 0) is 0 Å². The lowest BCUT2D eigenvalue weighted by atomic mass is 10.2. The van der Waals surface area contributed by atoms with E-state index in [1.165, 1.54) is 26.4 Å². The summed E-state index contributed by atoms with van der Waals surface area (Å²) in [5.41, 5.74) is -0.262. The largest absolute Gasteiger partial charge is 0.494 e. The average molecular weight is 224 g/mol. The van der Waals surface area contributed by atoms with E-state index >= 15 is 0 Å². The Hall–Kier alpha value is -2.40. The number of methoxy groups -OCH3 is 2. The molecule has 7 nitrogen and oxygen atoms in total. The van der Waals surface area contributed by atoms with E-state index in [-0.39, 0.29) is 22.9 Å². The summed E-state index contributed by atoms with van der Waals surface area (Å²) in [5.74, 6) is 0.234. The fraction of sp³-hybridized carbons (Fsp3) is 0.222. The van der Waals surface area contributed by atoms with Gasteiger partial charge >= 0.3 is 5.69 Å². The van der Waals surface area contributed by atoms with Gasteiger partial charge in [-0.25, -0.2) is 4.79 Å². The van der Waals surface area contributed by atoms with Crippen molar-refractivity contribution in [2.45, 2.75) is 0 Å². The Morgan fingerprint density at radius 1 is 1.31 bits per heavy atom. The predicted octanol–water partition coefficient (Wildman–Crippen LogP) is 1.58. The maximum absolute atomic E-state index is 10.7. The van der Waals surface area contributed by atoms with Crippen LogP contribution in [0.1, 0.15) is 0 Å². The fourth-order valence-electron chi connectivity index (χ4n) is 1.14. The number of isocyanates is 1.